The van der Waals surface area contributed by atoms with Crippen molar-refractivity contribution in [1.29, 1.82) is 0 Å². The van der Waals surface area contributed by atoms with E-state index in [-0.39, 0.29) is 18.3 Å². The zero-order chi connectivity index (χ0) is 11.7. The van der Waals surface area contributed by atoms with Gasteiger partial charge in [-0.2, -0.15) is 0 Å². The highest BCUT2D eigenvalue weighted by Crippen LogP contribution is 2.25. The minimum Gasteiger partial charge on any atom is -0.337 e. The predicted octanol–water partition coefficient (Wildman–Crippen LogP) is 1.99. The predicted molar refractivity (Wildman–Crippen MR) is 71.5 cm³/mol. The maximum absolute atomic E-state index is 11.8. The second-order valence-corrected chi connectivity index (χ2v) is 4.58. The van der Waals surface area contributed by atoms with Crippen molar-refractivity contribution in [2.75, 3.05) is 6.54 Å². The zero-order valence-electron chi connectivity index (χ0n) is 9.65. The molecule has 0 aliphatic carbocycles. The molecule has 0 bridgehead atoms. The van der Waals surface area contributed by atoms with Crippen molar-refractivity contribution in [1.82, 2.24) is 4.90 Å². The maximum atomic E-state index is 11.8. The van der Waals surface area contributed by atoms with Gasteiger partial charge in [0.15, 0.2) is 0 Å². The number of benzene rings is 1. The molecule has 0 saturated heterocycles. The molecule has 0 unspecified atom stereocenters. The van der Waals surface area contributed by atoms with Crippen LogP contribution in [0, 0.1) is 0 Å². The lowest BCUT2D eigenvalue weighted by Crippen LogP contribution is -2.44. The van der Waals surface area contributed by atoms with Crippen molar-refractivity contribution in [2.45, 2.75) is 25.9 Å². The number of fused-ring (bicyclic) bond motifs is 1. The highest BCUT2D eigenvalue weighted by molar-refractivity contribution is 6.31. The molecule has 0 spiro atoms. The summed E-state index contributed by atoms with van der Waals surface area (Å²) >= 11 is 6.10. The summed E-state index contributed by atoms with van der Waals surface area (Å²) in [6.07, 6.45) is 0.813. The number of nitrogens with two attached hydrogens (primary N) is 1. The third-order valence-electron chi connectivity index (χ3n) is 2.91. The lowest BCUT2D eigenvalue weighted by molar-refractivity contribution is -0.133. The van der Waals surface area contributed by atoms with Gasteiger partial charge < -0.3 is 10.6 Å². The van der Waals surface area contributed by atoms with Crippen LogP contribution in [0.15, 0.2) is 18.2 Å². The fourth-order valence-electron chi connectivity index (χ4n) is 2.04. The van der Waals surface area contributed by atoms with Crippen LogP contribution in [0.3, 0.4) is 0 Å². The lowest BCUT2D eigenvalue weighted by atomic mass is 9.99. The Morgan fingerprint density at radius 3 is 2.88 bits per heavy atom. The quantitative estimate of drug-likeness (QED) is 0.852. The first-order valence-electron chi connectivity index (χ1n) is 5.40. The molecule has 0 aromatic heterocycles. The molecule has 1 heterocycles. The van der Waals surface area contributed by atoms with Gasteiger partial charge in [0.05, 0.1) is 6.04 Å². The number of hydrogen-bond donors (Lipinski definition) is 1. The van der Waals surface area contributed by atoms with Crippen LogP contribution in [0.25, 0.3) is 0 Å². The number of nitrogens with zero attached hydrogens (tertiary/aromatic N) is 1. The van der Waals surface area contributed by atoms with Gasteiger partial charge >= 0.3 is 0 Å². The van der Waals surface area contributed by atoms with Crippen LogP contribution < -0.4 is 5.73 Å². The SMILES string of the molecule is C[C@H](N)C(=O)N1CCc2c(Cl)cccc2C1.Cl. The molecular weight excluding hydrogens is 259 g/mol. The van der Waals surface area contributed by atoms with Crippen LogP contribution >= 0.6 is 24.0 Å². The van der Waals surface area contributed by atoms with Crippen molar-refractivity contribution in [3.63, 3.8) is 0 Å². The molecule has 3 nitrogen and oxygen atoms in total. The van der Waals surface area contributed by atoms with Gasteiger partial charge in [-0.15, -0.1) is 12.4 Å². The fourth-order valence-corrected chi connectivity index (χ4v) is 2.33. The molecule has 0 radical (unpaired) electrons. The Morgan fingerprint density at radius 2 is 2.24 bits per heavy atom. The molecular formula is C12H16Cl2N2O. The van der Waals surface area contributed by atoms with E-state index in [1.807, 2.05) is 18.2 Å². The molecule has 1 aromatic carbocycles. The van der Waals surface area contributed by atoms with E-state index in [2.05, 4.69) is 0 Å². The molecule has 1 aliphatic heterocycles. The standard InChI is InChI=1S/C12H15ClN2O.ClH/c1-8(14)12(16)15-6-5-10-9(7-15)3-2-4-11(10)13;/h2-4,8H,5-7,14H2,1H3;1H/t8-;/m0./s1. The second kappa shape index (κ2) is 5.71. The molecule has 2 rings (SSSR count). The Hall–Kier alpha value is -0.770. The first-order valence-corrected chi connectivity index (χ1v) is 5.78. The van der Waals surface area contributed by atoms with Crippen molar-refractivity contribution < 1.29 is 4.79 Å². The molecule has 1 aliphatic rings. The third kappa shape index (κ3) is 2.92. The number of carbonyl (C=O) groups excluding carboxylic acids is 1. The number of halogens is 2. The van der Waals surface area contributed by atoms with Crippen LogP contribution in [0.4, 0.5) is 0 Å². The van der Waals surface area contributed by atoms with Crippen LogP contribution in [-0.2, 0) is 17.8 Å². The van der Waals surface area contributed by atoms with Crippen molar-refractivity contribution in [2.24, 2.45) is 5.73 Å². The van der Waals surface area contributed by atoms with Crippen molar-refractivity contribution in [3.05, 3.63) is 34.3 Å². The average Bonchev–Trinajstić information content (AvgIpc) is 2.28. The molecule has 0 fully saturated rings. The number of rotatable bonds is 1. The summed E-state index contributed by atoms with van der Waals surface area (Å²) < 4.78 is 0. The van der Waals surface area contributed by atoms with Gasteiger partial charge in [0.1, 0.15) is 0 Å². The second-order valence-electron chi connectivity index (χ2n) is 4.18. The maximum Gasteiger partial charge on any atom is 0.239 e. The molecule has 0 saturated carbocycles. The van der Waals surface area contributed by atoms with Gasteiger partial charge in [-0.25, -0.2) is 0 Å². The van der Waals surface area contributed by atoms with Gasteiger partial charge in [0, 0.05) is 18.1 Å². The number of hydrogen-bond acceptors (Lipinski definition) is 2. The number of amides is 1. The molecule has 17 heavy (non-hydrogen) atoms. The van der Waals surface area contributed by atoms with E-state index in [9.17, 15) is 4.79 Å². The summed E-state index contributed by atoms with van der Waals surface area (Å²) in [5, 5.41) is 0.797. The minimum atomic E-state index is -0.430. The van der Waals surface area contributed by atoms with Gasteiger partial charge in [0.2, 0.25) is 5.91 Å². The summed E-state index contributed by atoms with van der Waals surface area (Å²) in [4.78, 5) is 13.6. The molecule has 2 N–H and O–H groups in total. The summed E-state index contributed by atoms with van der Waals surface area (Å²) in [7, 11) is 0. The summed E-state index contributed by atoms with van der Waals surface area (Å²) in [5.41, 5.74) is 7.90. The fraction of sp³-hybridized carbons (Fsp3) is 0.417. The third-order valence-corrected chi connectivity index (χ3v) is 3.26. The lowest BCUT2D eigenvalue weighted by Gasteiger charge is -2.30. The number of carbonyl (C=O) groups is 1. The molecule has 94 valence electrons. The largest absolute Gasteiger partial charge is 0.337 e. The van der Waals surface area contributed by atoms with E-state index in [1.54, 1.807) is 11.8 Å². The van der Waals surface area contributed by atoms with E-state index in [0.29, 0.717) is 13.1 Å². The smallest absolute Gasteiger partial charge is 0.239 e. The normalized spacial score (nSPS) is 15.8. The molecule has 1 atom stereocenters. The van der Waals surface area contributed by atoms with E-state index in [4.69, 9.17) is 17.3 Å². The van der Waals surface area contributed by atoms with Gasteiger partial charge in [-0.3, -0.25) is 4.79 Å². The highest BCUT2D eigenvalue weighted by Gasteiger charge is 2.23. The monoisotopic (exact) mass is 274 g/mol. The molecule has 5 heteroatoms. The van der Waals surface area contributed by atoms with E-state index in [0.717, 1.165) is 22.6 Å². The van der Waals surface area contributed by atoms with Crippen LogP contribution in [0.2, 0.25) is 5.02 Å². The Balaban J connectivity index is 0.00000144. The average molecular weight is 275 g/mol. The summed E-state index contributed by atoms with van der Waals surface area (Å²) in [5.74, 6) is 0.00521. The van der Waals surface area contributed by atoms with Crippen molar-refractivity contribution >= 4 is 29.9 Å². The Morgan fingerprint density at radius 1 is 1.53 bits per heavy atom. The zero-order valence-corrected chi connectivity index (χ0v) is 11.2. The Bertz CT molecular complexity index is 421. The van der Waals surface area contributed by atoms with Gasteiger partial charge in [0.25, 0.3) is 0 Å². The van der Waals surface area contributed by atoms with Crippen molar-refractivity contribution in [3.8, 4) is 0 Å². The van der Waals surface area contributed by atoms with Gasteiger partial charge in [-0.1, -0.05) is 23.7 Å². The topological polar surface area (TPSA) is 46.3 Å². The van der Waals surface area contributed by atoms with Crippen LogP contribution in [0.1, 0.15) is 18.1 Å². The van der Waals surface area contributed by atoms with E-state index >= 15 is 0 Å². The van der Waals surface area contributed by atoms with Crippen LogP contribution in [-0.4, -0.2) is 23.4 Å². The van der Waals surface area contributed by atoms with E-state index < -0.39 is 6.04 Å². The Kier molecular flexibility index (Phi) is 4.80. The first kappa shape index (κ1) is 14.3. The van der Waals surface area contributed by atoms with Crippen LogP contribution in [0.5, 0.6) is 0 Å². The molecule has 1 amide bonds. The summed E-state index contributed by atoms with van der Waals surface area (Å²) in [6, 6.07) is 5.40. The Labute approximate surface area is 112 Å². The van der Waals surface area contributed by atoms with E-state index in [1.165, 1.54) is 0 Å². The highest BCUT2D eigenvalue weighted by atomic mass is 35.5. The first-order chi connectivity index (χ1) is 7.59. The van der Waals surface area contributed by atoms with Gasteiger partial charge in [-0.05, 0) is 30.5 Å². The minimum absolute atomic E-state index is 0. The summed E-state index contributed by atoms with van der Waals surface area (Å²) in [6.45, 7) is 3.04. The molecule has 1 aromatic rings.